The molecule has 3 heteroatoms. The highest BCUT2D eigenvalue weighted by Gasteiger charge is 2.13. The van der Waals surface area contributed by atoms with Crippen molar-refractivity contribution in [2.75, 3.05) is 33.9 Å². The quantitative estimate of drug-likeness (QED) is 0.605. The van der Waals surface area contributed by atoms with Crippen LogP contribution in [-0.2, 0) is 4.74 Å². The molecule has 1 N–H and O–H groups in total. The molecule has 3 nitrogen and oxygen atoms in total. The number of nitrogens with one attached hydrogen (secondary N) is 1. The molecule has 0 aromatic rings. The van der Waals surface area contributed by atoms with Crippen molar-refractivity contribution >= 4 is 0 Å². The van der Waals surface area contributed by atoms with Gasteiger partial charge in [0.25, 0.3) is 0 Å². The van der Waals surface area contributed by atoms with Gasteiger partial charge in [-0.3, -0.25) is 4.90 Å². The van der Waals surface area contributed by atoms with E-state index >= 15 is 0 Å². The van der Waals surface area contributed by atoms with Crippen molar-refractivity contribution in [2.45, 2.75) is 25.9 Å². The van der Waals surface area contributed by atoms with Gasteiger partial charge in [-0.15, -0.1) is 6.42 Å². The van der Waals surface area contributed by atoms with Crippen molar-refractivity contribution in [1.82, 2.24) is 10.2 Å². The van der Waals surface area contributed by atoms with Gasteiger partial charge in [-0.05, 0) is 7.05 Å². The van der Waals surface area contributed by atoms with E-state index in [1.165, 1.54) is 0 Å². The topological polar surface area (TPSA) is 24.5 Å². The molecule has 0 radical (unpaired) electrons. The van der Waals surface area contributed by atoms with Crippen LogP contribution in [-0.4, -0.2) is 50.8 Å². The van der Waals surface area contributed by atoms with Gasteiger partial charge in [0, 0.05) is 25.7 Å². The fourth-order valence-electron chi connectivity index (χ4n) is 1.18. The van der Waals surface area contributed by atoms with Crippen molar-refractivity contribution < 1.29 is 4.74 Å². The number of hydrogen-bond acceptors (Lipinski definition) is 3. The Morgan fingerprint density at radius 2 is 2.14 bits per heavy atom. The molecular weight excluding hydrogens is 176 g/mol. The number of ether oxygens (including phenoxy) is 1. The molecule has 82 valence electrons. The summed E-state index contributed by atoms with van der Waals surface area (Å²) < 4.78 is 5.15. The normalized spacial score (nSPS) is 13.2. The van der Waals surface area contributed by atoms with E-state index in [0.29, 0.717) is 25.2 Å². The minimum Gasteiger partial charge on any atom is -0.383 e. The third-order valence-electron chi connectivity index (χ3n) is 2.08. The SMILES string of the molecule is C#CCN(C)C(CNC(C)C)COC. The zero-order valence-electron chi connectivity index (χ0n) is 9.71. The molecule has 0 saturated carbocycles. The van der Waals surface area contributed by atoms with Crippen LogP contribution in [0.25, 0.3) is 0 Å². The fraction of sp³-hybridized carbons (Fsp3) is 0.818. The summed E-state index contributed by atoms with van der Waals surface area (Å²) in [7, 11) is 3.73. The van der Waals surface area contributed by atoms with Gasteiger partial charge in [-0.25, -0.2) is 0 Å². The van der Waals surface area contributed by atoms with Crippen LogP contribution in [0, 0.1) is 12.3 Å². The van der Waals surface area contributed by atoms with Gasteiger partial charge >= 0.3 is 0 Å². The first kappa shape index (κ1) is 13.4. The molecule has 0 amide bonds. The molecule has 0 heterocycles. The summed E-state index contributed by atoms with van der Waals surface area (Å²) in [6, 6.07) is 0.840. The molecule has 14 heavy (non-hydrogen) atoms. The largest absolute Gasteiger partial charge is 0.383 e. The second-order valence-corrected chi connectivity index (χ2v) is 3.79. The third kappa shape index (κ3) is 5.98. The third-order valence-corrected chi connectivity index (χ3v) is 2.08. The highest BCUT2D eigenvalue weighted by molar-refractivity contribution is 4.89. The summed E-state index contributed by atoms with van der Waals surface area (Å²) in [6.45, 7) is 6.53. The van der Waals surface area contributed by atoms with E-state index in [2.05, 4.69) is 30.0 Å². The lowest BCUT2D eigenvalue weighted by Crippen LogP contribution is -2.44. The molecule has 0 fully saturated rings. The second-order valence-electron chi connectivity index (χ2n) is 3.79. The molecule has 0 rings (SSSR count). The van der Waals surface area contributed by atoms with E-state index in [1.54, 1.807) is 7.11 Å². The minimum atomic E-state index is 0.346. The number of nitrogens with zero attached hydrogens (tertiary/aromatic N) is 1. The standard InChI is InChI=1S/C11H22N2O/c1-6-7-13(4)11(9-14-5)8-12-10(2)3/h1,10-12H,7-9H2,2-5H3. The molecule has 0 aliphatic rings. The van der Waals surface area contributed by atoms with Gasteiger partial charge in [-0.1, -0.05) is 19.8 Å². The number of methoxy groups -OCH3 is 1. The molecule has 1 atom stereocenters. The van der Waals surface area contributed by atoms with Crippen molar-refractivity contribution in [1.29, 1.82) is 0 Å². The number of rotatable bonds is 7. The van der Waals surface area contributed by atoms with Gasteiger partial charge in [0.05, 0.1) is 13.2 Å². The van der Waals surface area contributed by atoms with Crippen LogP contribution in [0.15, 0.2) is 0 Å². The van der Waals surface area contributed by atoms with Gasteiger partial charge in [0.15, 0.2) is 0 Å². The van der Waals surface area contributed by atoms with E-state index in [-0.39, 0.29) is 0 Å². The number of hydrogen-bond donors (Lipinski definition) is 1. The van der Waals surface area contributed by atoms with E-state index in [9.17, 15) is 0 Å². The van der Waals surface area contributed by atoms with Crippen molar-refractivity contribution in [3.05, 3.63) is 0 Å². The predicted molar refractivity (Wildman–Crippen MR) is 60.3 cm³/mol. The smallest absolute Gasteiger partial charge is 0.0630 e. The molecule has 1 unspecified atom stereocenters. The summed E-state index contributed by atoms with van der Waals surface area (Å²) in [5.74, 6) is 2.64. The van der Waals surface area contributed by atoms with Gasteiger partial charge in [0.1, 0.15) is 0 Å². The van der Waals surface area contributed by atoms with Crippen LogP contribution in [0.3, 0.4) is 0 Å². The zero-order valence-corrected chi connectivity index (χ0v) is 9.71. The summed E-state index contributed by atoms with van der Waals surface area (Å²) in [4.78, 5) is 2.12. The summed E-state index contributed by atoms with van der Waals surface area (Å²) in [5, 5.41) is 3.38. The van der Waals surface area contributed by atoms with Crippen molar-refractivity contribution in [3.8, 4) is 12.3 Å². The molecule has 0 spiro atoms. The lowest BCUT2D eigenvalue weighted by Gasteiger charge is -2.26. The summed E-state index contributed by atoms with van der Waals surface area (Å²) in [6.07, 6.45) is 5.27. The summed E-state index contributed by atoms with van der Waals surface area (Å²) in [5.41, 5.74) is 0. The van der Waals surface area contributed by atoms with Crippen LogP contribution in [0.1, 0.15) is 13.8 Å². The first-order valence-electron chi connectivity index (χ1n) is 4.97. The maximum atomic E-state index is 5.27. The van der Waals surface area contributed by atoms with E-state index in [1.807, 2.05) is 7.05 Å². The van der Waals surface area contributed by atoms with Crippen LogP contribution >= 0.6 is 0 Å². The maximum Gasteiger partial charge on any atom is 0.0630 e. The van der Waals surface area contributed by atoms with Crippen LogP contribution in [0.2, 0.25) is 0 Å². The predicted octanol–water partition coefficient (Wildman–Crippen LogP) is 0.564. The molecule has 0 aromatic carbocycles. The van der Waals surface area contributed by atoms with Crippen LogP contribution in [0.5, 0.6) is 0 Å². The Morgan fingerprint density at radius 1 is 1.50 bits per heavy atom. The maximum absolute atomic E-state index is 5.27. The molecule has 0 saturated heterocycles. The molecular formula is C11H22N2O. The fourth-order valence-corrected chi connectivity index (χ4v) is 1.18. The Morgan fingerprint density at radius 3 is 2.57 bits per heavy atom. The van der Waals surface area contributed by atoms with Crippen LogP contribution < -0.4 is 5.32 Å². The molecule has 0 aromatic heterocycles. The van der Waals surface area contributed by atoms with E-state index in [0.717, 1.165) is 6.54 Å². The van der Waals surface area contributed by atoms with Crippen LogP contribution in [0.4, 0.5) is 0 Å². The van der Waals surface area contributed by atoms with E-state index < -0.39 is 0 Å². The highest BCUT2D eigenvalue weighted by Crippen LogP contribution is 1.96. The summed E-state index contributed by atoms with van der Waals surface area (Å²) >= 11 is 0. The average molecular weight is 198 g/mol. The number of likely N-dealkylation sites (N-methyl/N-ethyl adjacent to an activating group) is 1. The lowest BCUT2D eigenvalue weighted by molar-refractivity contribution is 0.111. The average Bonchev–Trinajstić information content (AvgIpc) is 2.12. The Balaban J connectivity index is 3.94. The first-order valence-corrected chi connectivity index (χ1v) is 4.97. The first-order chi connectivity index (χ1) is 6.61. The van der Waals surface area contributed by atoms with Crippen molar-refractivity contribution in [2.24, 2.45) is 0 Å². The number of terminal acetylenes is 1. The molecule has 0 aliphatic carbocycles. The Kier molecular flexibility index (Phi) is 7.50. The Bertz CT molecular complexity index is 175. The molecule has 0 bridgehead atoms. The van der Waals surface area contributed by atoms with Crippen molar-refractivity contribution in [3.63, 3.8) is 0 Å². The lowest BCUT2D eigenvalue weighted by atomic mass is 10.2. The van der Waals surface area contributed by atoms with Gasteiger partial charge in [0.2, 0.25) is 0 Å². The zero-order chi connectivity index (χ0) is 11.0. The monoisotopic (exact) mass is 198 g/mol. The van der Waals surface area contributed by atoms with Gasteiger partial charge in [-0.2, -0.15) is 0 Å². The highest BCUT2D eigenvalue weighted by atomic mass is 16.5. The Labute approximate surface area is 87.8 Å². The molecule has 0 aliphatic heterocycles. The van der Waals surface area contributed by atoms with Gasteiger partial charge < -0.3 is 10.1 Å². The minimum absolute atomic E-state index is 0.346. The van der Waals surface area contributed by atoms with E-state index in [4.69, 9.17) is 11.2 Å². The second kappa shape index (κ2) is 7.81. The Hall–Kier alpha value is -0.560.